The molecule has 0 saturated carbocycles. The first-order chi connectivity index (χ1) is 10.5. The first kappa shape index (κ1) is 16.1. The molecule has 0 bridgehead atoms. The van der Waals surface area contributed by atoms with Crippen molar-refractivity contribution in [3.8, 4) is 11.1 Å². The SMILES string of the molecule is CCCCCc1ccc(-c2c(F)cc([N+](=O)[O-])cc2F)cc1. The van der Waals surface area contributed by atoms with Gasteiger partial charge in [-0.25, -0.2) is 8.78 Å². The number of nitro groups is 1. The van der Waals surface area contributed by atoms with Gasteiger partial charge in [-0.05, 0) is 24.0 Å². The molecule has 0 aromatic heterocycles. The van der Waals surface area contributed by atoms with Crippen molar-refractivity contribution in [3.63, 3.8) is 0 Å². The zero-order valence-electron chi connectivity index (χ0n) is 12.3. The zero-order valence-corrected chi connectivity index (χ0v) is 12.3. The zero-order chi connectivity index (χ0) is 16.1. The number of hydrogen-bond acceptors (Lipinski definition) is 2. The van der Waals surface area contributed by atoms with Crippen molar-refractivity contribution < 1.29 is 13.7 Å². The van der Waals surface area contributed by atoms with Crippen molar-refractivity contribution in [2.75, 3.05) is 0 Å². The van der Waals surface area contributed by atoms with E-state index in [0.717, 1.165) is 43.4 Å². The summed E-state index contributed by atoms with van der Waals surface area (Å²) in [4.78, 5) is 9.78. The van der Waals surface area contributed by atoms with Gasteiger partial charge in [-0.15, -0.1) is 0 Å². The fraction of sp³-hybridized carbons (Fsp3) is 0.294. The Morgan fingerprint density at radius 2 is 1.64 bits per heavy atom. The van der Waals surface area contributed by atoms with Crippen molar-refractivity contribution in [3.05, 3.63) is 63.7 Å². The molecule has 2 aromatic rings. The van der Waals surface area contributed by atoms with E-state index in [-0.39, 0.29) is 5.56 Å². The van der Waals surface area contributed by atoms with Gasteiger partial charge in [-0.1, -0.05) is 44.0 Å². The van der Waals surface area contributed by atoms with Gasteiger partial charge in [0.1, 0.15) is 11.6 Å². The van der Waals surface area contributed by atoms with E-state index in [1.54, 1.807) is 12.1 Å². The van der Waals surface area contributed by atoms with E-state index in [1.807, 2.05) is 12.1 Å². The van der Waals surface area contributed by atoms with Gasteiger partial charge in [0, 0.05) is 0 Å². The Bertz CT molecular complexity index is 646. The number of non-ortho nitro benzene ring substituents is 1. The minimum absolute atomic E-state index is 0.231. The summed E-state index contributed by atoms with van der Waals surface area (Å²) in [5, 5.41) is 10.6. The molecule has 116 valence electrons. The van der Waals surface area contributed by atoms with Gasteiger partial charge in [0.25, 0.3) is 5.69 Å². The molecule has 0 unspecified atom stereocenters. The van der Waals surface area contributed by atoms with Gasteiger partial charge in [0.2, 0.25) is 0 Å². The van der Waals surface area contributed by atoms with Crippen molar-refractivity contribution in [1.82, 2.24) is 0 Å². The molecule has 0 saturated heterocycles. The quantitative estimate of drug-likeness (QED) is 0.414. The second kappa shape index (κ2) is 7.11. The summed E-state index contributed by atoms with van der Waals surface area (Å²) in [6.07, 6.45) is 4.29. The normalized spacial score (nSPS) is 10.7. The molecular weight excluding hydrogens is 288 g/mol. The predicted molar refractivity (Wildman–Crippen MR) is 81.7 cm³/mol. The standard InChI is InChI=1S/C17H17F2NO2/c1-2-3-4-5-12-6-8-13(9-7-12)17-15(18)10-14(20(21)22)11-16(17)19/h6-11H,2-5H2,1H3. The molecule has 5 heteroatoms. The molecule has 0 fully saturated rings. The average molecular weight is 305 g/mol. The van der Waals surface area contributed by atoms with E-state index in [1.165, 1.54) is 0 Å². The summed E-state index contributed by atoms with van der Waals surface area (Å²) in [7, 11) is 0. The van der Waals surface area contributed by atoms with Crippen LogP contribution in [0.4, 0.5) is 14.5 Å². The molecule has 0 spiro atoms. The Kier molecular flexibility index (Phi) is 5.20. The molecule has 0 N–H and O–H groups in total. The second-order valence-corrected chi connectivity index (χ2v) is 5.20. The molecule has 0 aliphatic heterocycles. The Labute approximate surface area is 127 Å². The van der Waals surface area contributed by atoms with Gasteiger partial charge in [0.15, 0.2) is 0 Å². The largest absolute Gasteiger partial charge is 0.275 e. The third-order valence-corrected chi connectivity index (χ3v) is 3.55. The molecule has 0 amide bonds. The molecular formula is C17H17F2NO2. The Balaban J connectivity index is 2.26. The maximum Gasteiger partial charge on any atom is 0.275 e. The highest BCUT2D eigenvalue weighted by atomic mass is 19.1. The Hall–Kier alpha value is -2.30. The van der Waals surface area contributed by atoms with Crippen LogP contribution in [0.2, 0.25) is 0 Å². The smallest absolute Gasteiger partial charge is 0.258 e. The van der Waals surface area contributed by atoms with Crippen molar-refractivity contribution >= 4 is 5.69 Å². The van der Waals surface area contributed by atoms with Crippen LogP contribution in [0.25, 0.3) is 11.1 Å². The lowest BCUT2D eigenvalue weighted by Gasteiger charge is -2.07. The van der Waals surface area contributed by atoms with Gasteiger partial charge < -0.3 is 0 Å². The lowest BCUT2D eigenvalue weighted by Crippen LogP contribution is -1.95. The van der Waals surface area contributed by atoms with Crippen LogP contribution in [0.3, 0.4) is 0 Å². The minimum atomic E-state index is -0.926. The topological polar surface area (TPSA) is 43.1 Å². The highest BCUT2D eigenvalue weighted by Gasteiger charge is 2.18. The summed E-state index contributed by atoms with van der Waals surface area (Å²) in [6, 6.07) is 8.46. The lowest BCUT2D eigenvalue weighted by atomic mass is 10.00. The molecule has 0 aliphatic rings. The molecule has 2 rings (SSSR count). The van der Waals surface area contributed by atoms with E-state index in [2.05, 4.69) is 6.92 Å². The maximum absolute atomic E-state index is 14.0. The summed E-state index contributed by atoms with van der Waals surface area (Å²) in [5.74, 6) is -1.85. The van der Waals surface area contributed by atoms with Gasteiger partial charge in [0.05, 0.1) is 22.6 Å². The first-order valence-electron chi connectivity index (χ1n) is 7.25. The van der Waals surface area contributed by atoms with Gasteiger partial charge in [-0.2, -0.15) is 0 Å². The maximum atomic E-state index is 14.0. The predicted octanol–water partition coefficient (Wildman–Crippen LogP) is 5.27. The minimum Gasteiger partial charge on any atom is -0.258 e. The van der Waals surface area contributed by atoms with Crippen LogP contribution in [0.15, 0.2) is 36.4 Å². The highest BCUT2D eigenvalue weighted by Crippen LogP contribution is 2.30. The van der Waals surface area contributed by atoms with Crippen molar-refractivity contribution in [1.29, 1.82) is 0 Å². The summed E-state index contributed by atoms with van der Waals surface area (Å²) in [5.41, 5.74) is 0.671. The molecule has 0 atom stereocenters. The molecule has 0 heterocycles. The number of benzene rings is 2. The molecule has 0 aliphatic carbocycles. The monoisotopic (exact) mass is 305 g/mol. The van der Waals surface area contributed by atoms with Crippen LogP contribution in [-0.4, -0.2) is 4.92 Å². The summed E-state index contributed by atoms with van der Waals surface area (Å²) >= 11 is 0. The second-order valence-electron chi connectivity index (χ2n) is 5.20. The molecule has 2 aromatic carbocycles. The lowest BCUT2D eigenvalue weighted by molar-refractivity contribution is -0.385. The number of nitro benzene ring substituents is 1. The van der Waals surface area contributed by atoms with Gasteiger partial charge >= 0.3 is 0 Å². The number of halogens is 2. The number of unbranched alkanes of at least 4 members (excludes halogenated alkanes) is 2. The van der Waals surface area contributed by atoms with Crippen LogP contribution >= 0.6 is 0 Å². The van der Waals surface area contributed by atoms with Gasteiger partial charge in [-0.3, -0.25) is 10.1 Å². The van der Waals surface area contributed by atoms with E-state index in [9.17, 15) is 18.9 Å². The van der Waals surface area contributed by atoms with E-state index >= 15 is 0 Å². The third kappa shape index (κ3) is 3.67. The average Bonchev–Trinajstić information content (AvgIpc) is 2.48. The number of rotatable bonds is 6. The van der Waals surface area contributed by atoms with Crippen LogP contribution in [0.5, 0.6) is 0 Å². The highest BCUT2D eigenvalue weighted by molar-refractivity contribution is 5.66. The molecule has 3 nitrogen and oxygen atoms in total. The number of aryl methyl sites for hydroxylation is 1. The van der Waals surface area contributed by atoms with E-state index in [4.69, 9.17) is 0 Å². The third-order valence-electron chi connectivity index (χ3n) is 3.55. The molecule has 0 radical (unpaired) electrons. The Morgan fingerprint density at radius 1 is 1.05 bits per heavy atom. The van der Waals surface area contributed by atoms with Crippen molar-refractivity contribution in [2.24, 2.45) is 0 Å². The number of nitrogens with zero attached hydrogens (tertiary/aromatic N) is 1. The van der Waals surface area contributed by atoms with Crippen molar-refractivity contribution in [2.45, 2.75) is 32.6 Å². The Morgan fingerprint density at radius 3 is 2.14 bits per heavy atom. The van der Waals surface area contributed by atoms with Crippen LogP contribution in [0, 0.1) is 21.7 Å². The summed E-state index contributed by atoms with van der Waals surface area (Å²) < 4.78 is 27.9. The van der Waals surface area contributed by atoms with Crippen LogP contribution in [-0.2, 0) is 6.42 Å². The fourth-order valence-corrected chi connectivity index (χ4v) is 2.36. The molecule has 22 heavy (non-hydrogen) atoms. The van der Waals surface area contributed by atoms with E-state index in [0.29, 0.717) is 5.56 Å². The summed E-state index contributed by atoms with van der Waals surface area (Å²) in [6.45, 7) is 2.13. The van der Waals surface area contributed by atoms with Crippen LogP contribution in [0.1, 0.15) is 31.7 Å². The van der Waals surface area contributed by atoms with Crippen LogP contribution < -0.4 is 0 Å². The number of hydrogen-bond donors (Lipinski definition) is 0. The fourth-order valence-electron chi connectivity index (χ4n) is 2.36. The van der Waals surface area contributed by atoms with E-state index < -0.39 is 22.2 Å². The first-order valence-corrected chi connectivity index (χ1v) is 7.25.